The van der Waals surface area contributed by atoms with E-state index in [1.54, 1.807) is 0 Å². The first-order chi connectivity index (χ1) is 7.84. The molecule has 0 radical (unpaired) electrons. The summed E-state index contributed by atoms with van der Waals surface area (Å²) in [7, 11) is 0. The average molecular weight is 238 g/mol. The van der Waals surface area contributed by atoms with Gasteiger partial charge >= 0.3 is 0 Å². The number of hydrogen-bond donors (Lipinski definition) is 2. The van der Waals surface area contributed by atoms with Gasteiger partial charge in [0.25, 0.3) is 0 Å². The van der Waals surface area contributed by atoms with Crippen molar-refractivity contribution in [2.24, 2.45) is 0 Å². The van der Waals surface area contributed by atoms with Crippen LogP contribution in [-0.4, -0.2) is 18.6 Å². The van der Waals surface area contributed by atoms with E-state index in [2.05, 4.69) is 17.6 Å². The maximum Gasteiger partial charge on any atom is 0.0359 e. The van der Waals surface area contributed by atoms with Crippen molar-refractivity contribution in [1.82, 2.24) is 5.32 Å². The minimum absolute atomic E-state index is 0.884. The van der Waals surface area contributed by atoms with E-state index in [1.807, 2.05) is 30.0 Å². The van der Waals surface area contributed by atoms with Crippen LogP contribution in [0.4, 0.5) is 5.69 Å². The SMILES string of the molecule is CSCCCCCNCc1ccccc1N. The lowest BCUT2D eigenvalue weighted by Crippen LogP contribution is -2.15. The highest BCUT2D eigenvalue weighted by Crippen LogP contribution is 2.09. The molecule has 0 unspecified atom stereocenters. The zero-order valence-corrected chi connectivity index (χ0v) is 10.9. The highest BCUT2D eigenvalue weighted by molar-refractivity contribution is 7.98. The molecule has 1 rings (SSSR count). The summed E-state index contributed by atoms with van der Waals surface area (Å²) in [5.41, 5.74) is 7.95. The van der Waals surface area contributed by atoms with Crippen LogP contribution in [0.3, 0.4) is 0 Å². The van der Waals surface area contributed by atoms with Gasteiger partial charge in [0.1, 0.15) is 0 Å². The highest BCUT2D eigenvalue weighted by atomic mass is 32.2. The van der Waals surface area contributed by atoms with E-state index >= 15 is 0 Å². The zero-order chi connectivity index (χ0) is 11.6. The van der Waals surface area contributed by atoms with Crippen molar-refractivity contribution in [2.45, 2.75) is 25.8 Å². The Kier molecular flexibility index (Phi) is 7.10. The Balaban J connectivity index is 2.05. The van der Waals surface area contributed by atoms with Crippen LogP contribution >= 0.6 is 11.8 Å². The van der Waals surface area contributed by atoms with Crippen LogP contribution in [0.25, 0.3) is 0 Å². The number of nitrogens with two attached hydrogens (primary N) is 1. The molecule has 0 atom stereocenters. The van der Waals surface area contributed by atoms with Crippen molar-refractivity contribution in [3.8, 4) is 0 Å². The average Bonchev–Trinajstić information content (AvgIpc) is 2.30. The van der Waals surface area contributed by atoms with Crippen LogP contribution in [0.2, 0.25) is 0 Å². The molecule has 3 heteroatoms. The topological polar surface area (TPSA) is 38.0 Å². The Morgan fingerprint density at radius 1 is 1.19 bits per heavy atom. The highest BCUT2D eigenvalue weighted by Gasteiger charge is 1.96. The summed E-state index contributed by atoms with van der Waals surface area (Å²) in [6.45, 7) is 1.97. The molecule has 0 aliphatic heterocycles. The summed E-state index contributed by atoms with van der Waals surface area (Å²) < 4.78 is 0. The standard InChI is InChI=1S/C13H22N2S/c1-16-10-6-2-5-9-15-11-12-7-3-4-8-13(12)14/h3-4,7-8,15H,2,5-6,9-11,14H2,1H3. The van der Waals surface area contributed by atoms with Gasteiger partial charge < -0.3 is 11.1 Å². The fraction of sp³-hybridized carbons (Fsp3) is 0.538. The number of anilines is 1. The largest absolute Gasteiger partial charge is 0.398 e. The fourth-order valence-corrected chi connectivity index (χ4v) is 2.08. The normalized spacial score (nSPS) is 10.6. The molecule has 1 aromatic carbocycles. The molecule has 16 heavy (non-hydrogen) atoms. The van der Waals surface area contributed by atoms with Gasteiger partial charge in [-0.2, -0.15) is 11.8 Å². The van der Waals surface area contributed by atoms with Gasteiger partial charge in [-0.25, -0.2) is 0 Å². The van der Waals surface area contributed by atoms with Gasteiger partial charge in [0.05, 0.1) is 0 Å². The van der Waals surface area contributed by atoms with Crippen molar-refractivity contribution in [3.63, 3.8) is 0 Å². The molecule has 0 bridgehead atoms. The number of hydrogen-bond acceptors (Lipinski definition) is 3. The van der Waals surface area contributed by atoms with Gasteiger partial charge in [-0.3, -0.25) is 0 Å². The third-order valence-electron chi connectivity index (χ3n) is 2.57. The number of benzene rings is 1. The molecule has 0 aromatic heterocycles. The maximum atomic E-state index is 5.86. The molecule has 0 heterocycles. The Bertz CT molecular complexity index is 289. The predicted octanol–water partition coefficient (Wildman–Crippen LogP) is 2.89. The first-order valence-electron chi connectivity index (χ1n) is 5.87. The summed E-state index contributed by atoms with van der Waals surface area (Å²) >= 11 is 1.93. The molecule has 2 nitrogen and oxygen atoms in total. The second-order valence-corrected chi connectivity index (χ2v) is 4.91. The lowest BCUT2D eigenvalue weighted by atomic mass is 10.2. The molecule has 0 amide bonds. The molecule has 0 aliphatic rings. The fourth-order valence-electron chi connectivity index (χ4n) is 1.59. The van der Waals surface area contributed by atoms with E-state index < -0.39 is 0 Å². The number of nitrogen functional groups attached to an aromatic ring is 1. The zero-order valence-electron chi connectivity index (χ0n) is 10.0. The van der Waals surface area contributed by atoms with Crippen LogP contribution in [0.15, 0.2) is 24.3 Å². The Hall–Kier alpha value is -0.670. The second-order valence-electron chi connectivity index (χ2n) is 3.93. The Morgan fingerprint density at radius 3 is 2.75 bits per heavy atom. The van der Waals surface area contributed by atoms with Crippen LogP contribution in [0.5, 0.6) is 0 Å². The van der Waals surface area contributed by atoms with Crippen molar-refractivity contribution in [3.05, 3.63) is 29.8 Å². The van der Waals surface area contributed by atoms with Crippen LogP contribution in [0.1, 0.15) is 24.8 Å². The van der Waals surface area contributed by atoms with E-state index in [4.69, 9.17) is 5.73 Å². The summed E-state index contributed by atoms with van der Waals surface area (Å²) in [6.07, 6.45) is 6.07. The van der Waals surface area contributed by atoms with Crippen molar-refractivity contribution < 1.29 is 0 Å². The van der Waals surface area contributed by atoms with Gasteiger partial charge in [-0.05, 0) is 43.0 Å². The van der Waals surface area contributed by atoms with E-state index in [0.717, 1.165) is 18.8 Å². The number of para-hydroxylation sites is 1. The third-order valence-corrected chi connectivity index (χ3v) is 3.27. The molecule has 0 saturated carbocycles. The molecule has 0 fully saturated rings. The van der Waals surface area contributed by atoms with Crippen LogP contribution in [-0.2, 0) is 6.54 Å². The summed E-state index contributed by atoms with van der Waals surface area (Å²) in [5.74, 6) is 1.28. The van der Waals surface area contributed by atoms with Gasteiger partial charge in [-0.1, -0.05) is 24.6 Å². The van der Waals surface area contributed by atoms with Gasteiger partial charge in [0.15, 0.2) is 0 Å². The molecular weight excluding hydrogens is 216 g/mol. The second kappa shape index (κ2) is 8.48. The van der Waals surface area contributed by atoms with E-state index in [9.17, 15) is 0 Å². The molecule has 1 aromatic rings. The number of thioether (sulfide) groups is 1. The number of rotatable bonds is 8. The number of nitrogens with one attached hydrogen (secondary N) is 1. The quantitative estimate of drug-likeness (QED) is 0.540. The van der Waals surface area contributed by atoms with Gasteiger partial charge in [-0.15, -0.1) is 0 Å². The summed E-state index contributed by atoms with van der Waals surface area (Å²) in [5, 5.41) is 3.43. The third kappa shape index (κ3) is 5.42. The monoisotopic (exact) mass is 238 g/mol. The Labute approximate surface area is 103 Å². The van der Waals surface area contributed by atoms with E-state index in [1.165, 1.54) is 30.6 Å². The lowest BCUT2D eigenvalue weighted by molar-refractivity contribution is 0.619. The van der Waals surface area contributed by atoms with Gasteiger partial charge in [0.2, 0.25) is 0 Å². The first kappa shape index (κ1) is 13.4. The van der Waals surface area contributed by atoms with Crippen molar-refractivity contribution in [1.29, 1.82) is 0 Å². The molecule has 0 saturated heterocycles. The molecule has 3 N–H and O–H groups in total. The molecular formula is C13H22N2S. The van der Waals surface area contributed by atoms with Crippen LogP contribution in [0, 0.1) is 0 Å². The van der Waals surface area contributed by atoms with E-state index in [0.29, 0.717) is 0 Å². The smallest absolute Gasteiger partial charge is 0.0359 e. The summed E-state index contributed by atoms with van der Waals surface area (Å²) in [4.78, 5) is 0. The minimum atomic E-state index is 0.884. The molecule has 90 valence electrons. The maximum absolute atomic E-state index is 5.86. The summed E-state index contributed by atoms with van der Waals surface area (Å²) in [6, 6.07) is 8.04. The molecule has 0 spiro atoms. The van der Waals surface area contributed by atoms with E-state index in [-0.39, 0.29) is 0 Å². The first-order valence-corrected chi connectivity index (χ1v) is 7.27. The van der Waals surface area contributed by atoms with Crippen molar-refractivity contribution in [2.75, 3.05) is 24.3 Å². The Morgan fingerprint density at radius 2 is 2.00 bits per heavy atom. The number of unbranched alkanes of at least 4 members (excludes halogenated alkanes) is 2. The van der Waals surface area contributed by atoms with Gasteiger partial charge in [0, 0.05) is 12.2 Å². The van der Waals surface area contributed by atoms with Crippen LogP contribution < -0.4 is 11.1 Å². The molecule has 0 aliphatic carbocycles. The predicted molar refractivity (Wildman–Crippen MR) is 74.8 cm³/mol. The minimum Gasteiger partial charge on any atom is -0.398 e. The lowest BCUT2D eigenvalue weighted by Gasteiger charge is -2.07. The van der Waals surface area contributed by atoms with Crippen molar-refractivity contribution >= 4 is 17.4 Å².